The summed E-state index contributed by atoms with van der Waals surface area (Å²) in [5.41, 5.74) is 2.44. The van der Waals surface area contributed by atoms with Crippen LogP contribution in [0, 0.1) is 0 Å². The minimum Gasteiger partial charge on any atom is -0.383 e. The molecule has 0 atom stereocenters. The molecule has 0 spiro atoms. The first kappa shape index (κ1) is 11.0. The molecule has 0 saturated carbocycles. The largest absolute Gasteiger partial charge is 0.383 e. The van der Waals surface area contributed by atoms with Crippen LogP contribution < -0.4 is 5.32 Å². The second-order valence-electron chi connectivity index (χ2n) is 3.12. The van der Waals surface area contributed by atoms with Gasteiger partial charge in [-0.1, -0.05) is 36.9 Å². The molecule has 1 aromatic carbocycles. The average molecular weight is 191 g/mol. The molecule has 1 rings (SSSR count). The molecule has 0 aliphatic carbocycles. The third-order valence-electron chi connectivity index (χ3n) is 2.03. The summed E-state index contributed by atoms with van der Waals surface area (Å²) in [4.78, 5) is 0. The van der Waals surface area contributed by atoms with Crippen LogP contribution in [0.3, 0.4) is 0 Å². The van der Waals surface area contributed by atoms with E-state index in [9.17, 15) is 0 Å². The summed E-state index contributed by atoms with van der Waals surface area (Å²) in [6.07, 6.45) is 1.85. The zero-order valence-corrected chi connectivity index (χ0v) is 8.62. The van der Waals surface area contributed by atoms with E-state index in [-0.39, 0.29) is 0 Å². The maximum atomic E-state index is 4.94. The van der Waals surface area contributed by atoms with E-state index in [4.69, 9.17) is 4.74 Å². The van der Waals surface area contributed by atoms with Crippen LogP contribution in [-0.2, 0) is 11.3 Å². The third-order valence-corrected chi connectivity index (χ3v) is 2.03. The number of nitrogens with one attached hydrogen (secondary N) is 1. The van der Waals surface area contributed by atoms with Crippen molar-refractivity contribution in [1.29, 1.82) is 0 Å². The SMILES string of the molecule is C=Cc1ccc(CNCCOC)cc1. The van der Waals surface area contributed by atoms with Gasteiger partial charge < -0.3 is 10.1 Å². The fourth-order valence-corrected chi connectivity index (χ4v) is 1.18. The van der Waals surface area contributed by atoms with E-state index in [2.05, 4.69) is 36.2 Å². The Kier molecular flexibility index (Phi) is 4.97. The summed E-state index contributed by atoms with van der Waals surface area (Å²) in [7, 11) is 1.71. The van der Waals surface area contributed by atoms with Gasteiger partial charge in [-0.05, 0) is 11.1 Å². The molecule has 0 saturated heterocycles. The molecule has 0 aromatic heterocycles. The van der Waals surface area contributed by atoms with Crippen molar-refractivity contribution in [2.24, 2.45) is 0 Å². The predicted octanol–water partition coefficient (Wildman–Crippen LogP) is 2.07. The monoisotopic (exact) mass is 191 g/mol. The van der Waals surface area contributed by atoms with Gasteiger partial charge in [0.25, 0.3) is 0 Å². The summed E-state index contributed by atoms with van der Waals surface area (Å²) in [6, 6.07) is 8.36. The number of benzene rings is 1. The van der Waals surface area contributed by atoms with Gasteiger partial charge in [-0.2, -0.15) is 0 Å². The maximum Gasteiger partial charge on any atom is 0.0587 e. The lowest BCUT2D eigenvalue weighted by Gasteiger charge is -2.04. The Balaban J connectivity index is 2.32. The van der Waals surface area contributed by atoms with Crippen molar-refractivity contribution in [3.05, 3.63) is 42.0 Å². The van der Waals surface area contributed by atoms with Crippen molar-refractivity contribution in [2.45, 2.75) is 6.54 Å². The lowest BCUT2D eigenvalue weighted by atomic mass is 10.1. The van der Waals surface area contributed by atoms with Gasteiger partial charge in [-0.3, -0.25) is 0 Å². The Morgan fingerprint density at radius 3 is 2.64 bits per heavy atom. The standard InChI is InChI=1S/C12H17NO/c1-3-11-4-6-12(7-5-11)10-13-8-9-14-2/h3-7,13H,1,8-10H2,2H3. The van der Waals surface area contributed by atoms with Gasteiger partial charge >= 0.3 is 0 Å². The highest BCUT2D eigenvalue weighted by Gasteiger charge is 1.91. The first-order chi connectivity index (χ1) is 6.86. The molecule has 2 nitrogen and oxygen atoms in total. The van der Waals surface area contributed by atoms with Crippen LogP contribution in [0.1, 0.15) is 11.1 Å². The number of ether oxygens (including phenoxy) is 1. The number of methoxy groups -OCH3 is 1. The first-order valence-corrected chi connectivity index (χ1v) is 4.78. The fourth-order valence-electron chi connectivity index (χ4n) is 1.18. The van der Waals surface area contributed by atoms with Gasteiger partial charge in [0.05, 0.1) is 6.61 Å². The summed E-state index contributed by atoms with van der Waals surface area (Å²) >= 11 is 0. The maximum absolute atomic E-state index is 4.94. The Morgan fingerprint density at radius 2 is 2.07 bits per heavy atom. The van der Waals surface area contributed by atoms with Crippen molar-refractivity contribution in [3.63, 3.8) is 0 Å². The second-order valence-corrected chi connectivity index (χ2v) is 3.12. The third kappa shape index (κ3) is 3.73. The van der Waals surface area contributed by atoms with Crippen LogP contribution in [-0.4, -0.2) is 20.3 Å². The Bertz CT molecular complexity index is 266. The fraction of sp³-hybridized carbons (Fsp3) is 0.333. The molecular weight excluding hydrogens is 174 g/mol. The van der Waals surface area contributed by atoms with Gasteiger partial charge in [0.15, 0.2) is 0 Å². The van der Waals surface area contributed by atoms with E-state index in [0.717, 1.165) is 25.3 Å². The highest BCUT2D eigenvalue weighted by atomic mass is 16.5. The quantitative estimate of drug-likeness (QED) is 0.695. The van der Waals surface area contributed by atoms with E-state index in [1.807, 2.05) is 6.08 Å². The van der Waals surface area contributed by atoms with Crippen molar-refractivity contribution in [1.82, 2.24) is 5.32 Å². The molecule has 14 heavy (non-hydrogen) atoms. The first-order valence-electron chi connectivity index (χ1n) is 4.78. The smallest absolute Gasteiger partial charge is 0.0587 e. The summed E-state index contributed by atoms with van der Waals surface area (Å²) in [5.74, 6) is 0. The summed E-state index contributed by atoms with van der Waals surface area (Å²) < 4.78 is 4.94. The molecule has 0 radical (unpaired) electrons. The zero-order chi connectivity index (χ0) is 10.2. The summed E-state index contributed by atoms with van der Waals surface area (Å²) in [6.45, 7) is 6.25. The van der Waals surface area contributed by atoms with Crippen molar-refractivity contribution in [3.8, 4) is 0 Å². The lowest BCUT2D eigenvalue weighted by Crippen LogP contribution is -2.18. The van der Waals surface area contributed by atoms with Gasteiger partial charge in [-0.25, -0.2) is 0 Å². The van der Waals surface area contributed by atoms with E-state index in [1.165, 1.54) is 5.56 Å². The molecule has 2 heteroatoms. The van der Waals surface area contributed by atoms with Crippen LogP contribution in [0.5, 0.6) is 0 Å². The van der Waals surface area contributed by atoms with E-state index >= 15 is 0 Å². The van der Waals surface area contributed by atoms with Crippen LogP contribution >= 0.6 is 0 Å². The molecule has 0 heterocycles. The van der Waals surface area contributed by atoms with Crippen LogP contribution in [0.4, 0.5) is 0 Å². The van der Waals surface area contributed by atoms with Crippen molar-refractivity contribution < 1.29 is 4.74 Å². The normalized spacial score (nSPS) is 10.1. The molecule has 0 unspecified atom stereocenters. The lowest BCUT2D eigenvalue weighted by molar-refractivity contribution is 0.199. The van der Waals surface area contributed by atoms with Crippen LogP contribution in [0.15, 0.2) is 30.8 Å². The minimum atomic E-state index is 0.755. The molecule has 1 N–H and O–H groups in total. The molecule has 0 aliphatic rings. The van der Waals surface area contributed by atoms with Gasteiger partial charge in [0.2, 0.25) is 0 Å². The number of rotatable bonds is 6. The number of hydrogen-bond donors (Lipinski definition) is 1. The Labute approximate surface area is 85.6 Å². The molecular formula is C12H17NO. The number of hydrogen-bond acceptors (Lipinski definition) is 2. The Morgan fingerprint density at radius 1 is 1.36 bits per heavy atom. The minimum absolute atomic E-state index is 0.755. The highest BCUT2D eigenvalue weighted by molar-refractivity contribution is 5.47. The second kappa shape index (κ2) is 6.35. The van der Waals surface area contributed by atoms with E-state index < -0.39 is 0 Å². The molecule has 76 valence electrons. The molecule has 0 amide bonds. The molecule has 0 fully saturated rings. The van der Waals surface area contributed by atoms with Gasteiger partial charge in [-0.15, -0.1) is 0 Å². The van der Waals surface area contributed by atoms with E-state index in [1.54, 1.807) is 7.11 Å². The molecule has 1 aromatic rings. The molecule has 0 aliphatic heterocycles. The topological polar surface area (TPSA) is 21.3 Å². The van der Waals surface area contributed by atoms with E-state index in [0.29, 0.717) is 0 Å². The molecule has 0 bridgehead atoms. The van der Waals surface area contributed by atoms with Crippen molar-refractivity contribution >= 4 is 6.08 Å². The predicted molar refractivity (Wildman–Crippen MR) is 60.1 cm³/mol. The summed E-state index contributed by atoms with van der Waals surface area (Å²) in [5, 5.41) is 3.29. The highest BCUT2D eigenvalue weighted by Crippen LogP contribution is 2.04. The Hall–Kier alpha value is -1.12. The van der Waals surface area contributed by atoms with Gasteiger partial charge in [0, 0.05) is 20.2 Å². The van der Waals surface area contributed by atoms with Crippen LogP contribution in [0.2, 0.25) is 0 Å². The van der Waals surface area contributed by atoms with Gasteiger partial charge in [0.1, 0.15) is 0 Å². The van der Waals surface area contributed by atoms with Crippen molar-refractivity contribution in [2.75, 3.05) is 20.3 Å². The zero-order valence-electron chi connectivity index (χ0n) is 8.62. The van der Waals surface area contributed by atoms with Crippen LogP contribution in [0.25, 0.3) is 6.08 Å². The average Bonchev–Trinajstić information content (AvgIpc) is 2.25.